The molecule has 0 radical (unpaired) electrons. The van der Waals surface area contributed by atoms with Crippen molar-refractivity contribution in [1.29, 1.82) is 0 Å². The number of hydrogen-bond donors (Lipinski definition) is 1. The monoisotopic (exact) mass is 388 g/mol. The number of benzene rings is 2. The Bertz CT molecular complexity index is 1200. The molecule has 0 fully saturated rings. The first kappa shape index (κ1) is 17.2. The molecule has 1 aliphatic carbocycles. The van der Waals surface area contributed by atoms with Gasteiger partial charge in [-0.05, 0) is 54.7 Å². The Balaban J connectivity index is 1.46. The summed E-state index contributed by atoms with van der Waals surface area (Å²) in [6, 6.07) is 18.4. The van der Waals surface area contributed by atoms with Crippen LogP contribution < -0.4 is 10.1 Å². The van der Waals surface area contributed by atoms with Crippen LogP contribution in [-0.4, -0.2) is 18.0 Å². The molecule has 4 aromatic rings. The Hall–Kier alpha value is -2.92. The molecule has 0 spiro atoms. The van der Waals surface area contributed by atoms with E-state index in [1.807, 2.05) is 30.3 Å². The number of pyridine rings is 1. The fraction of sp³-hybridized carbons (Fsp3) is 0.217. The van der Waals surface area contributed by atoms with Gasteiger partial charge in [0.05, 0.1) is 23.5 Å². The summed E-state index contributed by atoms with van der Waals surface area (Å²) < 4.78 is 5.29. The standard InChI is InChI=1S/C23H20N2O2S/c1-27-17-10-9-15-11-16-12-21(28-23(16)25-20(15)13-17)22(26)24-19-8-4-6-14-5-2-3-7-18(14)19/h2-3,5,7,9-13,19H,4,6,8H2,1H3,(H,24,26). The van der Waals surface area contributed by atoms with Crippen molar-refractivity contribution >= 4 is 38.4 Å². The molecule has 1 unspecified atom stereocenters. The third-order valence-corrected chi connectivity index (χ3v) is 6.45. The lowest BCUT2D eigenvalue weighted by Crippen LogP contribution is -2.30. The number of carbonyl (C=O) groups excluding carboxylic acids is 1. The molecule has 2 aromatic heterocycles. The van der Waals surface area contributed by atoms with Crippen LogP contribution in [0.4, 0.5) is 0 Å². The van der Waals surface area contributed by atoms with Gasteiger partial charge in [-0.3, -0.25) is 4.79 Å². The summed E-state index contributed by atoms with van der Waals surface area (Å²) in [5.41, 5.74) is 3.47. The van der Waals surface area contributed by atoms with E-state index in [0.717, 1.165) is 46.1 Å². The molecule has 5 rings (SSSR count). The van der Waals surface area contributed by atoms with Crippen molar-refractivity contribution in [2.45, 2.75) is 25.3 Å². The Kier molecular flexibility index (Phi) is 4.24. The minimum atomic E-state index is -0.0219. The predicted molar refractivity (Wildman–Crippen MR) is 113 cm³/mol. The van der Waals surface area contributed by atoms with Crippen LogP contribution in [0.3, 0.4) is 0 Å². The topological polar surface area (TPSA) is 51.2 Å². The van der Waals surface area contributed by atoms with Gasteiger partial charge in [0.15, 0.2) is 0 Å². The molecule has 1 aliphatic rings. The molecular formula is C23H20N2O2S. The number of methoxy groups -OCH3 is 1. The average Bonchev–Trinajstić information content (AvgIpc) is 3.15. The van der Waals surface area contributed by atoms with Crippen molar-refractivity contribution < 1.29 is 9.53 Å². The fourth-order valence-electron chi connectivity index (χ4n) is 3.98. The zero-order valence-corrected chi connectivity index (χ0v) is 16.4. The van der Waals surface area contributed by atoms with Crippen LogP contribution in [0.2, 0.25) is 0 Å². The number of aromatic nitrogens is 1. The molecule has 4 nitrogen and oxygen atoms in total. The highest BCUT2D eigenvalue weighted by Gasteiger charge is 2.22. The van der Waals surface area contributed by atoms with Gasteiger partial charge in [0, 0.05) is 16.8 Å². The molecule has 1 amide bonds. The first-order chi connectivity index (χ1) is 13.7. The summed E-state index contributed by atoms with van der Waals surface area (Å²) in [5, 5.41) is 5.27. The molecule has 28 heavy (non-hydrogen) atoms. The number of nitrogens with one attached hydrogen (secondary N) is 1. The Morgan fingerprint density at radius 3 is 2.93 bits per heavy atom. The van der Waals surface area contributed by atoms with Crippen LogP contribution in [0.25, 0.3) is 21.1 Å². The number of nitrogens with zero attached hydrogens (tertiary/aromatic N) is 1. The van der Waals surface area contributed by atoms with Gasteiger partial charge in [-0.25, -0.2) is 4.98 Å². The second-order valence-corrected chi connectivity index (χ2v) is 8.20. The van der Waals surface area contributed by atoms with Crippen LogP contribution >= 0.6 is 11.3 Å². The summed E-state index contributed by atoms with van der Waals surface area (Å²) in [6.07, 6.45) is 3.17. The van der Waals surface area contributed by atoms with Crippen molar-refractivity contribution in [1.82, 2.24) is 10.3 Å². The van der Waals surface area contributed by atoms with Crippen molar-refractivity contribution in [2.24, 2.45) is 0 Å². The highest BCUT2D eigenvalue weighted by atomic mass is 32.1. The molecule has 0 saturated carbocycles. The normalized spacial score (nSPS) is 16.1. The highest BCUT2D eigenvalue weighted by molar-refractivity contribution is 7.20. The molecule has 1 N–H and O–H groups in total. The molecule has 1 atom stereocenters. The van der Waals surface area contributed by atoms with Gasteiger partial charge in [-0.1, -0.05) is 24.3 Å². The molecule has 0 aliphatic heterocycles. The predicted octanol–water partition coefficient (Wildman–Crippen LogP) is 5.27. The molecule has 0 saturated heterocycles. The van der Waals surface area contributed by atoms with E-state index in [0.29, 0.717) is 4.88 Å². The molecule has 0 bridgehead atoms. The number of rotatable bonds is 3. The third-order valence-electron chi connectivity index (χ3n) is 5.41. The van der Waals surface area contributed by atoms with E-state index in [1.54, 1.807) is 7.11 Å². The van der Waals surface area contributed by atoms with Gasteiger partial charge in [0.25, 0.3) is 5.91 Å². The molecule has 2 heterocycles. The first-order valence-electron chi connectivity index (χ1n) is 9.48. The van der Waals surface area contributed by atoms with Crippen LogP contribution in [0, 0.1) is 0 Å². The molecule has 5 heteroatoms. The zero-order valence-electron chi connectivity index (χ0n) is 15.6. The number of fused-ring (bicyclic) bond motifs is 3. The minimum Gasteiger partial charge on any atom is -0.497 e. The number of aryl methyl sites for hydroxylation is 1. The van der Waals surface area contributed by atoms with Gasteiger partial charge >= 0.3 is 0 Å². The maximum absolute atomic E-state index is 12.9. The Morgan fingerprint density at radius 1 is 1.14 bits per heavy atom. The molecule has 140 valence electrons. The lowest BCUT2D eigenvalue weighted by molar-refractivity contribution is 0.0937. The zero-order chi connectivity index (χ0) is 19.1. The van der Waals surface area contributed by atoms with Crippen LogP contribution in [-0.2, 0) is 6.42 Å². The first-order valence-corrected chi connectivity index (χ1v) is 10.3. The van der Waals surface area contributed by atoms with Crippen molar-refractivity contribution in [3.05, 3.63) is 70.6 Å². The summed E-state index contributed by atoms with van der Waals surface area (Å²) in [6.45, 7) is 0. The van der Waals surface area contributed by atoms with Gasteiger partial charge in [0.2, 0.25) is 0 Å². The van der Waals surface area contributed by atoms with E-state index in [9.17, 15) is 4.79 Å². The van der Waals surface area contributed by atoms with Gasteiger partial charge < -0.3 is 10.1 Å². The second-order valence-electron chi connectivity index (χ2n) is 7.17. The summed E-state index contributed by atoms with van der Waals surface area (Å²) >= 11 is 1.44. The van der Waals surface area contributed by atoms with Gasteiger partial charge in [0.1, 0.15) is 10.6 Å². The quantitative estimate of drug-likeness (QED) is 0.520. The van der Waals surface area contributed by atoms with E-state index in [-0.39, 0.29) is 11.9 Å². The van der Waals surface area contributed by atoms with Gasteiger partial charge in [-0.15, -0.1) is 11.3 Å². The van der Waals surface area contributed by atoms with Crippen molar-refractivity contribution in [3.8, 4) is 5.75 Å². The number of carbonyl (C=O) groups is 1. The number of thiophene rings is 1. The third kappa shape index (κ3) is 3.02. The maximum atomic E-state index is 12.9. The number of hydrogen-bond acceptors (Lipinski definition) is 4. The van der Waals surface area contributed by atoms with E-state index in [4.69, 9.17) is 9.72 Å². The van der Waals surface area contributed by atoms with Gasteiger partial charge in [-0.2, -0.15) is 0 Å². The Morgan fingerprint density at radius 2 is 2.04 bits per heavy atom. The van der Waals surface area contributed by atoms with E-state index < -0.39 is 0 Å². The van der Waals surface area contributed by atoms with Crippen LogP contribution in [0.1, 0.15) is 39.7 Å². The minimum absolute atomic E-state index is 0.0219. The fourth-order valence-corrected chi connectivity index (χ4v) is 4.90. The van der Waals surface area contributed by atoms with E-state index >= 15 is 0 Å². The van der Waals surface area contributed by atoms with Crippen molar-refractivity contribution in [2.75, 3.05) is 7.11 Å². The SMILES string of the molecule is COc1ccc2cc3cc(C(=O)NC4CCCc5ccccc54)sc3nc2c1. The summed E-state index contributed by atoms with van der Waals surface area (Å²) in [5.74, 6) is 0.760. The van der Waals surface area contributed by atoms with E-state index in [1.165, 1.54) is 22.5 Å². The van der Waals surface area contributed by atoms with Crippen molar-refractivity contribution in [3.63, 3.8) is 0 Å². The smallest absolute Gasteiger partial charge is 0.261 e. The summed E-state index contributed by atoms with van der Waals surface area (Å²) in [7, 11) is 1.65. The molecule has 2 aromatic carbocycles. The number of ether oxygens (including phenoxy) is 1. The molecular weight excluding hydrogens is 368 g/mol. The largest absolute Gasteiger partial charge is 0.497 e. The lowest BCUT2D eigenvalue weighted by atomic mass is 9.88. The Labute approximate surface area is 167 Å². The van der Waals surface area contributed by atoms with Crippen LogP contribution in [0.15, 0.2) is 54.6 Å². The number of amides is 1. The highest BCUT2D eigenvalue weighted by Crippen LogP contribution is 2.32. The summed E-state index contributed by atoms with van der Waals surface area (Å²) in [4.78, 5) is 19.2. The van der Waals surface area contributed by atoms with Crippen LogP contribution in [0.5, 0.6) is 5.75 Å². The average molecular weight is 388 g/mol. The second kappa shape index (κ2) is 6.91. The lowest BCUT2D eigenvalue weighted by Gasteiger charge is -2.26. The van der Waals surface area contributed by atoms with E-state index in [2.05, 4.69) is 29.6 Å². The maximum Gasteiger partial charge on any atom is 0.261 e.